The van der Waals surface area contributed by atoms with Gasteiger partial charge < -0.3 is 10.6 Å². The second-order valence-electron chi connectivity index (χ2n) is 5.52. The number of sulfonamides is 1. The minimum absolute atomic E-state index is 0.0717. The Morgan fingerprint density at radius 1 is 1.32 bits per heavy atom. The lowest BCUT2D eigenvalue weighted by atomic mass is 9.93. The second-order valence-corrected chi connectivity index (χ2v) is 7.40. The Bertz CT molecular complexity index is 610. The molecule has 6 nitrogen and oxygen atoms in total. The summed E-state index contributed by atoms with van der Waals surface area (Å²) >= 11 is 0. The molecule has 0 spiro atoms. The summed E-state index contributed by atoms with van der Waals surface area (Å²) in [4.78, 5) is 12.1. The summed E-state index contributed by atoms with van der Waals surface area (Å²) in [6, 6.07) is 6.27. The highest BCUT2D eigenvalue weighted by Gasteiger charge is 2.15. The Hall–Kier alpha value is -1.44. The molecule has 1 aliphatic heterocycles. The molecular formula is C15H23N3O3S. The zero-order chi connectivity index (χ0) is 16.0. The largest absolute Gasteiger partial charge is 0.326 e. The molecule has 7 heteroatoms. The van der Waals surface area contributed by atoms with E-state index in [-0.39, 0.29) is 10.8 Å². The maximum absolute atomic E-state index is 12.0. The van der Waals surface area contributed by atoms with Gasteiger partial charge in [-0.3, -0.25) is 4.79 Å². The second kappa shape index (κ2) is 7.71. The number of hydrogen-bond acceptors (Lipinski definition) is 4. The summed E-state index contributed by atoms with van der Waals surface area (Å²) in [6.07, 6.45) is 3.57. The molecule has 1 amide bonds. The van der Waals surface area contributed by atoms with Crippen LogP contribution in [0.4, 0.5) is 5.69 Å². The third-order valence-corrected chi connectivity index (χ3v) is 5.35. The highest BCUT2D eigenvalue weighted by molar-refractivity contribution is 7.89. The first-order valence-corrected chi connectivity index (χ1v) is 9.04. The van der Waals surface area contributed by atoms with Crippen LogP contribution in [0.5, 0.6) is 0 Å². The molecule has 0 unspecified atom stereocenters. The van der Waals surface area contributed by atoms with Crippen LogP contribution in [0.25, 0.3) is 0 Å². The molecule has 3 N–H and O–H groups in total. The van der Waals surface area contributed by atoms with Gasteiger partial charge in [0.2, 0.25) is 15.9 Å². The number of anilines is 1. The smallest absolute Gasteiger partial charge is 0.240 e. The number of carbonyl (C=O) groups is 1. The molecular weight excluding hydrogens is 302 g/mol. The van der Waals surface area contributed by atoms with E-state index >= 15 is 0 Å². The minimum atomic E-state index is -3.49. The molecule has 2 rings (SSSR count). The molecule has 1 aromatic carbocycles. The summed E-state index contributed by atoms with van der Waals surface area (Å²) < 4.78 is 25.7. The average Bonchev–Trinajstić information content (AvgIpc) is 2.54. The molecule has 1 heterocycles. The van der Waals surface area contributed by atoms with Crippen LogP contribution in [-0.2, 0) is 14.8 Å². The van der Waals surface area contributed by atoms with E-state index < -0.39 is 10.0 Å². The van der Waals surface area contributed by atoms with E-state index in [0.29, 0.717) is 18.0 Å². The van der Waals surface area contributed by atoms with Gasteiger partial charge in [0.15, 0.2) is 0 Å². The van der Waals surface area contributed by atoms with Crippen LogP contribution in [0.15, 0.2) is 29.2 Å². The number of rotatable bonds is 6. The SMILES string of the molecule is CNS(=O)(=O)c1cccc(NC(=O)CCC2CCNCC2)c1. The summed E-state index contributed by atoms with van der Waals surface area (Å²) in [7, 11) is -2.13. The number of amides is 1. The van der Waals surface area contributed by atoms with Gasteiger partial charge in [0, 0.05) is 12.1 Å². The summed E-state index contributed by atoms with van der Waals surface area (Å²) in [5, 5.41) is 6.08. The molecule has 22 heavy (non-hydrogen) atoms. The average molecular weight is 325 g/mol. The lowest BCUT2D eigenvalue weighted by Crippen LogP contribution is -2.28. The van der Waals surface area contributed by atoms with Crippen molar-refractivity contribution >= 4 is 21.6 Å². The zero-order valence-corrected chi connectivity index (χ0v) is 13.6. The topological polar surface area (TPSA) is 87.3 Å². The highest BCUT2D eigenvalue weighted by Crippen LogP contribution is 2.19. The summed E-state index contributed by atoms with van der Waals surface area (Å²) in [6.45, 7) is 2.05. The molecule has 1 fully saturated rings. The third kappa shape index (κ3) is 4.79. The third-order valence-electron chi connectivity index (χ3n) is 3.94. The fourth-order valence-corrected chi connectivity index (χ4v) is 3.36. The molecule has 122 valence electrons. The highest BCUT2D eigenvalue weighted by atomic mass is 32.2. The van der Waals surface area contributed by atoms with Crippen LogP contribution in [-0.4, -0.2) is 34.5 Å². The van der Waals surface area contributed by atoms with Crippen molar-refractivity contribution in [2.75, 3.05) is 25.5 Å². The van der Waals surface area contributed by atoms with Crippen LogP contribution in [0.2, 0.25) is 0 Å². The number of carbonyl (C=O) groups excluding carboxylic acids is 1. The summed E-state index contributed by atoms with van der Waals surface area (Å²) in [5.74, 6) is 0.528. The van der Waals surface area contributed by atoms with Crippen molar-refractivity contribution in [2.24, 2.45) is 5.92 Å². The van der Waals surface area contributed by atoms with Gasteiger partial charge in [0.25, 0.3) is 0 Å². The van der Waals surface area contributed by atoms with Crippen molar-refractivity contribution < 1.29 is 13.2 Å². The first-order chi connectivity index (χ1) is 10.5. The predicted molar refractivity (Wildman–Crippen MR) is 86.1 cm³/mol. The van der Waals surface area contributed by atoms with E-state index in [0.717, 1.165) is 32.4 Å². The molecule has 1 aromatic rings. The van der Waals surface area contributed by atoms with Gasteiger partial charge in [-0.15, -0.1) is 0 Å². The monoisotopic (exact) mass is 325 g/mol. The van der Waals surface area contributed by atoms with Gasteiger partial charge in [-0.1, -0.05) is 6.07 Å². The molecule has 0 aliphatic carbocycles. The van der Waals surface area contributed by atoms with Crippen LogP contribution in [0, 0.1) is 5.92 Å². The Morgan fingerprint density at radius 3 is 2.73 bits per heavy atom. The van der Waals surface area contributed by atoms with Gasteiger partial charge in [0.05, 0.1) is 4.90 Å². The molecule has 0 aromatic heterocycles. The van der Waals surface area contributed by atoms with Crippen LogP contribution < -0.4 is 15.4 Å². The van der Waals surface area contributed by atoms with Crippen molar-refractivity contribution in [1.29, 1.82) is 0 Å². The first kappa shape index (κ1) is 16.9. The number of piperidine rings is 1. The molecule has 0 saturated carbocycles. The van der Waals surface area contributed by atoms with E-state index in [4.69, 9.17) is 0 Å². The molecule has 0 bridgehead atoms. The molecule has 0 atom stereocenters. The molecule has 0 radical (unpaired) electrons. The first-order valence-electron chi connectivity index (χ1n) is 7.55. The van der Waals surface area contributed by atoms with Crippen molar-refractivity contribution in [3.8, 4) is 0 Å². The Labute approximate surface area is 131 Å². The van der Waals surface area contributed by atoms with Crippen LogP contribution >= 0.6 is 0 Å². The van der Waals surface area contributed by atoms with Gasteiger partial charge in [0.1, 0.15) is 0 Å². The van der Waals surface area contributed by atoms with Gasteiger partial charge >= 0.3 is 0 Å². The Kier molecular flexibility index (Phi) is 5.93. The van der Waals surface area contributed by atoms with E-state index in [1.54, 1.807) is 12.1 Å². The van der Waals surface area contributed by atoms with E-state index in [1.807, 2.05) is 0 Å². The maximum Gasteiger partial charge on any atom is 0.240 e. The molecule has 1 saturated heterocycles. The number of benzene rings is 1. The lowest BCUT2D eigenvalue weighted by molar-refractivity contribution is -0.116. The van der Waals surface area contributed by atoms with Crippen molar-refractivity contribution in [2.45, 2.75) is 30.6 Å². The fourth-order valence-electron chi connectivity index (χ4n) is 2.59. The van der Waals surface area contributed by atoms with Crippen molar-refractivity contribution in [3.05, 3.63) is 24.3 Å². The van der Waals surface area contributed by atoms with E-state index in [9.17, 15) is 13.2 Å². The summed E-state index contributed by atoms with van der Waals surface area (Å²) in [5.41, 5.74) is 0.506. The standard InChI is InChI=1S/C15H23N3O3S/c1-16-22(20,21)14-4-2-3-13(11-14)18-15(19)6-5-12-7-9-17-10-8-12/h2-4,11-12,16-17H,5-10H2,1H3,(H,18,19). The number of hydrogen-bond donors (Lipinski definition) is 3. The van der Waals surface area contributed by atoms with Crippen LogP contribution in [0.3, 0.4) is 0 Å². The van der Waals surface area contributed by atoms with Crippen molar-refractivity contribution in [1.82, 2.24) is 10.0 Å². The Morgan fingerprint density at radius 2 is 2.05 bits per heavy atom. The van der Waals surface area contributed by atoms with Gasteiger partial charge in [-0.2, -0.15) is 0 Å². The van der Waals surface area contributed by atoms with Crippen LogP contribution in [0.1, 0.15) is 25.7 Å². The lowest BCUT2D eigenvalue weighted by Gasteiger charge is -2.22. The normalized spacial score (nSPS) is 16.4. The quantitative estimate of drug-likeness (QED) is 0.736. The van der Waals surface area contributed by atoms with Gasteiger partial charge in [-0.25, -0.2) is 13.1 Å². The van der Waals surface area contributed by atoms with Gasteiger partial charge in [-0.05, 0) is 63.5 Å². The predicted octanol–water partition coefficient (Wildman–Crippen LogP) is 1.31. The van der Waals surface area contributed by atoms with E-state index in [1.165, 1.54) is 19.2 Å². The zero-order valence-electron chi connectivity index (χ0n) is 12.8. The van der Waals surface area contributed by atoms with Crippen molar-refractivity contribution in [3.63, 3.8) is 0 Å². The minimum Gasteiger partial charge on any atom is -0.326 e. The molecule has 1 aliphatic rings. The number of nitrogens with one attached hydrogen (secondary N) is 3. The fraction of sp³-hybridized carbons (Fsp3) is 0.533. The maximum atomic E-state index is 12.0. The van der Waals surface area contributed by atoms with E-state index in [2.05, 4.69) is 15.4 Å². The Balaban J connectivity index is 1.90.